The summed E-state index contributed by atoms with van der Waals surface area (Å²) in [7, 11) is 0. The number of esters is 1. The average molecular weight is 598 g/mol. The zero-order valence-corrected chi connectivity index (χ0v) is 23.1. The SMILES string of the molecule is CCOC(=O)c1ccc(NC(=O)COc2ccccc2[C@H]2c3sc(=O)[nH]c3SC3C(=O)N(CC(=O)O)C(=O)C32)cc1. The monoisotopic (exact) mass is 597 g/mol. The molecule has 212 valence electrons. The van der Waals surface area contributed by atoms with Gasteiger partial charge in [-0.3, -0.25) is 28.9 Å². The summed E-state index contributed by atoms with van der Waals surface area (Å²) in [5.41, 5.74) is 1.25. The minimum absolute atomic E-state index is 0.242. The molecule has 12 nitrogen and oxygen atoms in total. The number of aliphatic carboxylic acids is 1. The van der Waals surface area contributed by atoms with Crippen LogP contribution < -0.4 is 14.9 Å². The number of ether oxygens (including phenoxy) is 2. The van der Waals surface area contributed by atoms with Crippen LogP contribution in [0.4, 0.5) is 5.69 Å². The van der Waals surface area contributed by atoms with Gasteiger partial charge in [-0.1, -0.05) is 41.3 Å². The zero-order chi connectivity index (χ0) is 29.3. The van der Waals surface area contributed by atoms with Crippen LogP contribution in [-0.2, 0) is 23.9 Å². The molecule has 2 unspecified atom stereocenters. The number of nitrogens with one attached hydrogen (secondary N) is 2. The maximum Gasteiger partial charge on any atom is 0.338 e. The molecule has 3 heterocycles. The zero-order valence-electron chi connectivity index (χ0n) is 21.4. The predicted octanol–water partition coefficient (Wildman–Crippen LogP) is 2.31. The number of benzene rings is 2. The fraction of sp³-hybridized carbons (Fsp3) is 0.259. The number of likely N-dealkylation sites (tertiary alicyclic amines) is 1. The summed E-state index contributed by atoms with van der Waals surface area (Å²) in [6.07, 6.45) is 0. The van der Waals surface area contributed by atoms with Crippen LogP contribution in [0, 0.1) is 5.92 Å². The highest BCUT2D eigenvalue weighted by molar-refractivity contribution is 8.00. The van der Waals surface area contributed by atoms with Crippen molar-refractivity contribution in [3.63, 3.8) is 0 Å². The highest BCUT2D eigenvalue weighted by Gasteiger charge is 2.56. The number of carbonyl (C=O) groups is 5. The summed E-state index contributed by atoms with van der Waals surface area (Å²) in [6, 6.07) is 12.8. The number of carboxylic acid groups (broad SMARTS) is 1. The van der Waals surface area contributed by atoms with Gasteiger partial charge in [-0.15, -0.1) is 0 Å². The summed E-state index contributed by atoms with van der Waals surface area (Å²) in [5, 5.41) is 11.4. The Morgan fingerprint density at radius 1 is 1.05 bits per heavy atom. The van der Waals surface area contributed by atoms with Gasteiger partial charge in [0.2, 0.25) is 11.8 Å². The number of imide groups is 1. The van der Waals surface area contributed by atoms with Crippen LogP contribution in [-0.4, -0.2) is 69.7 Å². The van der Waals surface area contributed by atoms with Crippen LogP contribution in [0.5, 0.6) is 5.75 Å². The number of carbonyl (C=O) groups excluding carboxylic acids is 4. The lowest BCUT2D eigenvalue weighted by molar-refractivity contribution is -0.149. The summed E-state index contributed by atoms with van der Waals surface area (Å²) in [5.74, 6) is -5.06. The van der Waals surface area contributed by atoms with E-state index in [1.165, 1.54) is 12.1 Å². The van der Waals surface area contributed by atoms with Crippen molar-refractivity contribution in [2.45, 2.75) is 23.1 Å². The molecule has 0 aliphatic carbocycles. The normalized spacial score (nSPS) is 19.3. The van der Waals surface area contributed by atoms with Gasteiger partial charge in [-0.25, -0.2) is 4.79 Å². The molecule has 0 radical (unpaired) electrons. The quantitative estimate of drug-likeness (QED) is 0.245. The molecule has 3 atom stereocenters. The van der Waals surface area contributed by atoms with Crippen molar-refractivity contribution in [3.8, 4) is 5.75 Å². The Kier molecular flexibility index (Phi) is 7.94. The number of aromatic nitrogens is 1. The van der Waals surface area contributed by atoms with Gasteiger partial charge in [0.15, 0.2) is 6.61 Å². The van der Waals surface area contributed by atoms with Crippen molar-refractivity contribution in [1.29, 1.82) is 0 Å². The molecule has 2 aliphatic heterocycles. The Morgan fingerprint density at radius 2 is 1.78 bits per heavy atom. The molecule has 14 heteroatoms. The second-order valence-electron chi connectivity index (χ2n) is 9.08. The van der Waals surface area contributed by atoms with Crippen LogP contribution in [0.1, 0.15) is 33.6 Å². The molecule has 2 aromatic carbocycles. The van der Waals surface area contributed by atoms with E-state index in [9.17, 15) is 33.9 Å². The topological polar surface area (TPSA) is 172 Å². The number of carboxylic acids is 1. The molecule has 3 aromatic rings. The van der Waals surface area contributed by atoms with E-state index in [0.717, 1.165) is 28.0 Å². The first kappa shape index (κ1) is 28.1. The molecule has 0 saturated carbocycles. The van der Waals surface area contributed by atoms with Gasteiger partial charge in [0, 0.05) is 22.0 Å². The minimum atomic E-state index is -1.32. The predicted molar refractivity (Wildman–Crippen MR) is 147 cm³/mol. The molecule has 5 rings (SSSR count). The number of nitrogens with zero attached hydrogens (tertiary/aromatic N) is 1. The van der Waals surface area contributed by atoms with Crippen molar-refractivity contribution in [1.82, 2.24) is 9.88 Å². The van der Waals surface area contributed by atoms with E-state index in [0.29, 0.717) is 26.7 Å². The van der Waals surface area contributed by atoms with Crippen LogP contribution in [0.3, 0.4) is 0 Å². The van der Waals surface area contributed by atoms with E-state index in [1.54, 1.807) is 43.3 Å². The van der Waals surface area contributed by atoms with Gasteiger partial charge in [-0.2, -0.15) is 0 Å². The number of amides is 3. The lowest BCUT2D eigenvalue weighted by atomic mass is 9.82. The molecule has 1 fully saturated rings. The highest BCUT2D eigenvalue weighted by Crippen LogP contribution is 2.53. The Morgan fingerprint density at radius 3 is 2.49 bits per heavy atom. The largest absolute Gasteiger partial charge is 0.483 e. The summed E-state index contributed by atoms with van der Waals surface area (Å²) < 4.78 is 10.8. The highest BCUT2D eigenvalue weighted by atomic mass is 32.2. The van der Waals surface area contributed by atoms with Crippen LogP contribution in [0.15, 0.2) is 58.4 Å². The van der Waals surface area contributed by atoms with Crippen LogP contribution in [0.25, 0.3) is 0 Å². The van der Waals surface area contributed by atoms with E-state index in [2.05, 4.69) is 10.3 Å². The molecule has 3 amide bonds. The molecular weight excluding hydrogens is 574 g/mol. The Balaban J connectivity index is 1.38. The number of anilines is 1. The standard InChI is InChI=1S/C27H23N3O9S2/c1-2-38-26(36)13-7-9-14(10-8-13)28-17(31)12-39-16-6-4-3-5-15(16)19-20-22(40-23-21(19)41-27(37)29-23)25(35)30(24(20)34)11-18(32)33/h3-10,19-20,22H,2,11-12H2,1H3,(H,28,31)(H,29,37)(H,32,33)/t19-,20?,22?/m1/s1. The fourth-order valence-electron chi connectivity index (χ4n) is 4.81. The van der Waals surface area contributed by atoms with E-state index in [-0.39, 0.29) is 17.2 Å². The van der Waals surface area contributed by atoms with Crippen molar-refractivity contribution < 1.29 is 38.6 Å². The van der Waals surface area contributed by atoms with Crippen molar-refractivity contribution >= 4 is 58.4 Å². The Labute approximate surface area is 240 Å². The van der Waals surface area contributed by atoms with Gasteiger partial charge in [0.05, 0.1) is 23.1 Å². The van der Waals surface area contributed by atoms with Crippen LogP contribution in [0.2, 0.25) is 0 Å². The smallest absolute Gasteiger partial charge is 0.338 e. The molecule has 0 bridgehead atoms. The molecule has 0 spiro atoms. The van der Waals surface area contributed by atoms with E-state index in [1.807, 2.05) is 0 Å². The first-order valence-corrected chi connectivity index (χ1v) is 14.1. The second-order valence-corrected chi connectivity index (χ2v) is 11.2. The number of thioether (sulfide) groups is 1. The minimum Gasteiger partial charge on any atom is -0.483 e. The summed E-state index contributed by atoms with van der Waals surface area (Å²) in [4.78, 5) is 78.2. The summed E-state index contributed by atoms with van der Waals surface area (Å²) >= 11 is 1.94. The van der Waals surface area contributed by atoms with Gasteiger partial charge in [0.1, 0.15) is 17.5 Å². The first-order valence-electron chi connectivity index (χ1n) is 12.4. The molecule has 3 N–H and O–H groups in total. The van der Waals surface area contributed by atoms with Gasteiger partial charge >= 0.3 is 16.8 Å². The van der Waals surface area contributed by atoms with E-state index < -0.39 is 59.9 Å². The maximum absolute atomic E-state index is 13.4. The molecule has 41 heavy (non-hydrogen) atoms. The fourth-order valence-corrected chi connectivity index (χ4v) is 7.34. The Hall–Kier alpha value is -4.43. The van der Waals surface area contributed by atoms with Gasteiger partial charge < -0.3 is 24.9 Å². The Bertz CT molecular complexity index is 1600. The van der Waals surface area contributed by atoms with Crippen LogP contribution >= 0.6 is 23.1 Å². The number of hydrogen-bond donors (Lipinski definition) is 3. The molecule has 2 aliphatic rings. The molecule has 1 saturated heterocycles. The third-order valence-corrected chi connectivity index (χ3v) is 8.90. The number of aromatic amines is 1. The summed E-state index contributed by atoms with van der Waals surface area (Å²) in [6.45, 7) is 0.780. The lowest BCUT2D eigenvalue weighted by Crippen LogP contribution is -2.36. The number of fused-ring (bicyclic) bond motifs is 2. The van der Waals surface area contributed by atoms with Crippen molar-refractivity contribution in [2.24, 2.45) is 5.92 Å². The maximum atomic E-state index is 13.4. The first-order chi connectivity index (χ1) is 19.7. The van der Waals surface area contributed by atoms with E-state index >= 15 is 0 Å². The van der Waals surface area contributed by atoms with E-state index in [4.69, 9.17) is 9.47 Å². The number of thiazole rings is 1. The van der Waals surface area contributed by atoms with Crippen molar-refractivity contribution in [3.05, 3.63) is 74.2 Å². The molecular formula is C27H23N3O9S2. The third kappa shape index (κ3) is 5.60. The molecule has 1 aromatic heterocycles. The number of hydrogen-bond acceptors (Lipinski definition) is 10. The number of para-hydroxylation sites is 1. The second kappa shape index (κ2) is 11.6. The van der Waals surface area contributed by atoms with Crippen molar-refractivity contribution in [2.75, 3.05) is 25.1 Å². The lowest BCUT2D eigenvalue weighted by Gasteiger charge is -2.30. The van der Waals surface area contributed by atoms with Gasteiger partial charge in [0.25, 0.3) is 5.91 Å². The number of H-pyrrole nitrogens is 1. The number of rotatable bonds is 9. The third-order valence-electron chi connectivity index (χ3n) is 6.50. The average Bonchev–Trinajstić information content (AvgIpc) is 3.43. The van der Waals surface area contributed by atoms with Gasteiger partial charge in [-0.05, 0) is 37.3 Å².